The molecule has 0 saturated carbocycles. The Kier molecular flexibility index (Phi) is 12.6. The van der Waals surface area contributed by atoms with Crippen LogP contribution in [0.15, 0.2) is 51.8 Å². The molecule has 2 N–H and O–H groups in total. The average Bonchev–Trinajstić information content (AvgIpc) is 3.41. The van der Waals surface area contributed by atoms with Crippen molar-refractivity contribution in [1.29, 1.82) is 0 Å². The number of nitrogens with one attached hydrogen (secondary N) is 1. The zero-order chi connectivity index (χ0) is 28.1. The Morgan fingerprint density at radius 1 is 1.21 bits per heavy atom. The first-order valence-corrected chi connectivity index (χ1v) is 12.8. The van der Waals surface area contributed by atoms with E-state index in [4.69, 9.17) is 13.9 Å². The fraction of sp³-hybridized carbons (Fsp3) is 0.483. The number of hydrogen-bond acceptors (Lipinski definition) is 8. The summed E-state index contributed by atoms with van der Waals surface area (Å²) in [5, 5.41) is 12.4. The van der Waals surface area contributed by atoms with Crippen molar-refractivity contribution in [2.24, 2.45) is 5.92 Å². The maximum atomic E-state index is 12.0. The Morgan fingerprint density at radius 2 is 1.92 bits per heavy atom. The summed E-state index contributed by atoms with van der Waals surface area (Å²) in [7, 11) is 1.27. The van der Waals surface area contributed by atoms with Crippen LogP contribution in [0.3, 0.4) is 0 Å². The van der Waals surface area contributed by atoms with E-state index < -0.39 is 23.4 Å². The van der Waals surface area contributed by atoms with E-state index in [1.807, 2.05) is 19.1 Å². The molecule has 1 aliphatic rings. The summed E-state index contributed by atoms with van der Waals surface area (Å²) in [6.45, 7) is 8.77. The topological polar surface area (TPSA) is 124 Å². The lowest BCUT2D eigenvalue weighted by molar-refractivity contribution is 0.0679. The number of rotatable bonds is 10. The van der Waals surface area contributed by atoms with Crippen LogP contribution in [-0.2, 0) is 9.47 Å². The van der Waals surface area contributed by atoms with E-state index in [-0.39, 0.29) is 17.2 Å². The van der Waals surface area contributed by atoms with Crippen molar-refractivity contribution < 1.29 is 33.3 Å². The highest BCUT2D eigenvalue weighted by Gasteiger charge is 2.22. The first-order valence-electron chi connectivity index (χ1n) is 12.8. The smallest absolute Gasteiger partial charge is 0.410 e. The van der Waals surface area contributed by atoms with Gasteiger partial charge in [0.05, 0.1) is 13.2 Å². The van der Waals surface area contributed by atoms with Crippen LogP contribution in [0.5, 0.6) is 11.5 Å². The van der Waals surface area contributed by atoms with Crippen molar-refractivity contribution >= 4 is 11.9 Å². The molecule has 1 aromatic heterocycles. The van der Waals surface area contributed by atoms with E-state index in [0.29, 0.717) is 31.3 Å². The molecule has 1 saturated heterocycles. The maximum Gasteiger partial charge on any atom is 0.410 e. The number of ether oxygens (including phenoxy) is 3. The average molecular weight is 530 g/mol. The second-order valence-corrected chi connectivity index (χ2v) is 9.49. The predicted octanol–water partition coefficient (Wildman–Crippen LogP) is 5.49. The molecule has 1 aromatic carbocycles. The number of carbonyl (C=O) groups is 2. The fourth-order valence-corrected chi connectivity index (χ4v) is 3.61. The number of carbonyl (C=O) groups excluding carboxylic acids is 2. The number of benzene rings is 1. The number of hydrogen-bond donors (Lipinski definition) is 2. The number of amides is 1. The van der Waals surface area contributed by atoms with Gasteiger partial charge in [-0.3, -0.25) is 10.1 Å². The summed E-state index contributed by atoms with van der Waals surface area (Å²) in [5.41, 5.74) is 0.135. The first-order chi connectivity index (χ1) is 18.1. The molecule has 0 radical (unpaired) electrons. The molecule has 3 rings (SSSR count). The van der Waals surface area contributed by atoms with Gasteiger partial charge in [0, 0.05) is 30.7 Å². The molecular formula is C29H39NO8. The Labute approximate surface area is 223 Å². The highest BCUT2D eigenvalue weighted by molar-refractivity contribution is 5.99. The van der Waals surface area contributed by atoms with E-state index >= 15 is 0 Å². The van der Waals surface area contributed by atoms with Crippen LogP contribution in [0.2, 0.25) is 0 Å². The summed E-state index contributed by atoms with van der Waals surface area (Å²) in [4.78, 5) is 34.7. The Hall–Kier alpha value is -3.59. The highest BCUT2D eigenvalue weighted by Crippen LogP contribution is 2.26. The molecular weight excluding hydrogens is 490 g/mol. The normalized spacial score (nSPS) is 15.6. The number of methoxy groups -OCH3 is 1. The van der Waals surface area contributed by atoms with Gasteiger partial charge >= 0.3 is 11.7 Å². The highest BCUT2D eigenvalue weighted by atomic mass is 16.5. The lowest BCUT2D eigenvalue weighted by Gasteiger charge is -2.11. The first kappa shape index (κ1) is 30.6. The second-order valence-electron chi connectivity index (χ2n) is 9.49. The van der Waals surface area contributed by atoms with Gasteiger partial charge < -0.3 is 23.7 Å². The number of Topliss-reactive ketones (excluding diaryl/α,β-unsaturated/α-hetero) is 1. The van der Waals surface area contributed by atoms with E-state index in [2.05, 4.69) is 29.1 Å². The van der Waals surface area contributed by atoms with E-state index in [1.54, 1.807) is 19.9 Å². The van der Waals surface area contributed by atoms with Gasteiger partial charge in [0.1, 0.15) is 29.4 Å². The van der Waals surface area contributed by atoms with E-state index in [1.165, 1.54) is 31.4 Å². The Bertz CT molecular complexity index is 1110. The third-order valence-corrected chi connectivity index (χ3v) is 5.96. The van der Waals surface area contributed by atoms with Crippen LogP contribution in [0.25, 0.3) is 0 Å². The second kappa shape index (κ2) is 15.6. The molecule has 1 aliphatic heterocycles. The minimum absolute atomic E-state index is 0.144. The zero-order valence-electron chi connectivity index (χ0n) is 22.8. The number of aromatic hydroxyl groups is 1. The lowest BCUT2D eigenvalue weighted by atomic mass is 9.99. The number of ketones is 1. The monoisotopic (exact) mass is 529 g/mol. The Morgan fingerprint density at radius 3 is 2.50 bits per heavy atom. The molecule has 0 aliphatic carbocycles. The van der Waals surface area contributed by atoms with Crippen molar-refractivity contribution in [2.75, 3.05) is 20.3 Å². The quantitative estimate of drug-likeness (QED) is 0.387. The lowest BCUT2D eigenvalue weighted by Crippen LogP contribution is -2.19. The van der Waals surface area contributed by atoms with Crippen LogP contribution >= 0.6 is 0 Å². The minimum atomic E-state index is -0.821. The van der Waals surface area contributed by atoms with Crippen LogP contribution in [0.1, 0.15) is 74.1 Å². The van der Waals surface area contributed by atoms with Crippen molar-refractivity contribution in [1.82, 2.24) is 5.32 Å². The maximum absolute atomic E-state index is 12.0. The van der Waals surface area contributed by atoms with Crippen LogP contribution < -0.4 is 15.7 Å². The molecule has 1 fully saturated rings. The summed E-state index contributed by atoms with van der Waals surface area (Å²) >= 11 is 0. The molecule has 2 aromatic rings. The van der Waals surface area contributed by atoms with Crippen molar-refractivity contribution in [2.45, 2.75) is 65.4 Å². The molecule has 2 atom stereocenters. The van der Waals surface area contributed by atoms with E-state index in [9.17, 15) is 19.5 Å². The summed E-state index contributed by atoms with van der Waals surface area (Å²) in [6.07, 6.45) is 6.49. The van der Waals surface area contributed by atoms with Gasteiger partial charge in [0.15, 0.2) is 5.78 Å². The Balaban J connectivity index is 0.000000304. The number of aryl methyl sites for hydroxylation is 1. The fourth-order valence-electron chi connectivity index (χ4n) is 3.61. The van der Waals surface area contributed by atoms with Gasteiger partial charge in [-0.15, -0.1) is 0 Å². The molecule has 9 heteroatoms. The van der Waals surface area contributed by atoms with Crippen molar-refractivity contribution in [3.8, 4) is 11.5 Å². The van der Waals surface area contributed by atoms with Gasteiger partial charge in [-0.1, -0.05) is 44.5 Å². The molecule has 9 nitrogen and oxygen atoms in total. The molecule has 0 bridgehead atoms. The SMILES string of the molecule is COC(=O)N/C=C/CCC(C)c1cc(O)c(C(=O)C(C)C)c(=O)o1.Cc1ccc(OCC2CCCO2)cc1. The number of alkyl carbamates (subject to hydrolysis) is 1. The van der Waals surface area contributed by atoms with E-state index in [0.717, 1.165) is 18.8 Å². The van der Waals surface area contributed by atoms with Gasteiger partial charge in [0.25, 0.3) is 0 Å². The molecule has 0 spiro atoms. The molecule has 2 unspecified atom stereocenters. The summed E-state index contributed by atoms with van der Waals surface area (Å²) < 4.78 is 20.7. The van der Waals surface area contributed by atoms with Gasteiger partial charge in [-0.25, -0.2) is 9.59 Å². The predicted molar refractivity (Wildman–Crippen MR) is 144 cm³/mol. The van der Waals surface area contributed by atoms with Gasteiger partial charge in [0.2, 0.25) is 0 Å². The minimum Gasteiger partial charge on any atom is -0.507 e. The van der Waals surface area contributed by atoms with Crippen molar-refractivity contribution in [3.05, 3.63) is 69.9 Å². The molecule has 38 heavy (non-hydrogen) atoms. The molecule has 1 amide bonds. The molecule has 208 valence electrons. The van der Waals surface area contributed by atoms with Crippen LogP contribution in [-0.4, -0.2) is 43.4 Å². The zero-order valence-corrected chi connectivity index (χ0v) is 22.8. The van der Waals surface area contributed by atoms with Gasteiger partial charge in [-0.2, -0.15) is 0 Å². The van der Waals surface area contributed by atoms with Crippen molar-refractivity contribution in [3.63, 3.8) is 0 Å². The molecule has 2 heterocycles. The van der Waals surface area contributed by atoms with Crippen LogP contribution in [0.4, 0.5) is 4.79 Å². The van der Waals surface area contributed by atoms with Gasteiger partial charge in [-0.05, 0) is 44.7 Å². The third kappa shape index (κ3) is 10.0. The third-order valence-electron chi connectivity index (χ3n) is 5.96. The summed E-state index contributed by atoms with van der Waals surface area (Å²) in [5.74, 6) is -0.102. The largest absolute Gasteiger partial charge is 0.507 e. The van der Waals surface area contributed by atoms with Crippen LogP contribution in [0, 0.1) is 12.8 Å². The summed E-state index contributed by atoms with van der Waals surface area (Å²) in [6, 6.07) is 9.45. The number of allylic oxidation sites excluding steroid dienone is 1. The standard InChI is InChI=1S/C17H23NO6.C12H16O2/c1-10(2)15(20)14-12(19)9-13(24-16(14)21)11(3)7-5-6-8-18-17(22)23-4;1-10-4-6-11(7-5-10)14-9-12-3-2-8-13-12/h6,8-11,19H,5,7H2,1-4H3,(H,18,22);4-7,12H,2-3,8-9H2,1H3/b8-6+;.